The maximum absolute atomic E-state index is 13.0. The molecule has 10 nitrogen and oxygen atoms in total. The number of halogens is 1. The molecule has 0 saturated carbocycles. The van der Waals surface area contributed by atoms with E-state index in [1.165, 1.54) is 89.3 Å². The molecule has 2 aliphatic rings. The molecule has 2 aromatic carbocycles. The molecule has 0 bridgehead atoms. The van der Waals surface area contributed by atoms with Crippen LogP contribution in [0.25, 0.3) is 0 Å². The zero-order chi connectivity index (χ0) is 31.9. The van der Waals surface area contributed by atoms with Gasteiger partial charge < -0.3 is 19.7 Å². The first-order valence-corrected chi connectivity index (χ1v) is 17.9. The fourth-order valence-corrected chi connectivity index (χ4v) is 6.49. The standard InChI is InChI=1S/C33H51FN6O4S/c1-2-3-4-5-6-7-8-9-12-20-40-21-18-26(19-22-40)32-37-31(38-39-32)25-35-29-16-13-15-27(23-29)33(41)36-24-28-14-10-11-17-30(28)44-45(34,42)43/h10-11,13-17,23,26,31-32,35,37-39H,2-9,12,18-22,24-25H2,1H3,(H,36,41). The number of rotatable bonds is 19. The topological polar surface area (TPSA) is 124 Å². The van der Waals surface area contributed by atoms with E-state index in [2.05, 4.69) is 42.8 Å². The quantitative estimate of drug-likeness (QED) is 0.103. The third-order valence-electron chi connectivity index (χ3n) is 8.71. The summed E-state index contributed by atoms with van der Waals surface area (Å²) < 4.78 is 39.2. The van der Waals surface area contributed by atoms with Crippen LogP contribution in [0, 0.1) is 5.92 Å². The van der Waals surface area contributed by atoms with Crippen molar-refractivity contribution in [1.29, 1.82) is 0 Å². The number of hydrogen-bond acceptors (Lipinski definition) is 9. The lowest BCUT2D eigenvalue weighted by atomic mass is 9.93. The van der Waals surface area contributed by atoms with Crippen LogP contribution in [0.3, 0.4) is 0 Å². The Balaban J connectivity index is 1.12. The van der Waals surface area contributed by atoms with Crippen molar-refractivity contribution in [3.63, 3.8) is 0 Å². The molecule has 1 amide bonds. The molecule has 4 rings (SSSR count). The van der Waals surface area contributed by atoms with Crippen LogP contribution in [0.15, 0.2) is 48.5 Å². The van der Waals surface area contributed by atoms with E-state index in [1.807, 2.05) is 6.07 Å². The molecule has 12 heteroatoms. The van der Waals surface area contributed by atoms with Crippen LogP contribution in [-0.4, -0.2) is 57.7 Å². The lowest BCUT2D eigenvalue weighted by molar-refractivity contribution is 0.0951. The Labute approximate surface area is 268 Å². The maximum atomic E-state index is 13.0. The molecule has 2 heterocycles. The lowest BCUT2D eigenvalue weighted by Gasteiger charge is -2.34. The second-order valence-corrected chi connectivity index (χ2v) is 13.2. The summed E-state index contributed by atoms with van der Waals surface area (Å²) in [7, 11) is -5.17. The summed E-state index contributed by atoms with van der Waals surface area (Å²) in [6.45, 7) is 6.41. The molecule has 5 N–H and O–H groups in total. The van der Waals surface area contributed by atoms with Gasteiger partial charge in [-0.3, -0.25) is 10.1 Å². The van der Waals surface area contributed by atoms with E-state index in [0.29, 0.717) is 23.6 Å². The Morgan fingerprint density at radius 1 is 0.956 bits per heavy atom. The minimum absolute atomic E-state index is 0.0245. The van der Waals surface area contributed by atoms with Crippen molar-refractivity contribution in [2.24, 2.45) is 5.92 Å². The van der Waals surface area contributed by atoms with Crippen molar-refractivity contribution in [3.05, 3.63) is 59.7 Å². The Hall–Kier alpha value is -2.77. The molecule has 0 spiro atoms. The Kier molecular flexibility index (Phi) is 14.3. The zero-order valence-electron chi connectivity index (χ0n) is 26.5. The largest absolute Gasteiger partial charge is 0.488 e. The van der Waals surface area contributed by atoms with Gasteiger partial charge in [-0.25, -0.2) is 10.9 Å². The molecular formula is C33H51FN6O4S. The lowest BCUT2D eigenvalue weighted by Crippen LogP contribution is -2.46. The Morgan fingerprint density at radius 2 is 1.67 bits per heavy atom. The molecule has 2 atom stereocenters. The normalized spacial score (nSPS) is 19.4. The number of anilines is 1. The third kappa shape index (κ3) is 12.5. The first kappa shape index (κ1) is 35.1. The van der Waals surface area contributed by atoms with E-state index in [1.54, 1.807) is 30.3 Å². The highest BCUT2D eigenvalue weighted by Gasteiger charge is 2.31. The average molecular weight is 647 g/mol. The number of para-hydroxylation sites is 1. The molecule has 2 unspecified atom stereocenters. The SMILES string of the molecule is CCCCCCCCCCCN1CCC(C2NNC(CNc3cccc(C(=O)NCc4ccccc4OS(=O)(=O)F)c3)N2)CC1. The van der Waals surface area contributed by atoms with Crippen LogP contribution in [0.2, 0.25) is 0 Å². The average Bonchev–Trinajstić information content (AvgIpc) is 3.51. The third-order valence-corrected chi connectivity index (χ3v) is 9.09. The van der Waals surface area contributed by atoms with Crippen LogP contribution in [-0.2, 0) is 17.0 Å². The first-order valence-electron chi connectivity index (χ1n) is 16.6. The van der Waals surface area contributed by atoms with Gasteiger partial charge >= 0.3 is 10.5 Å². The smallest absolute Gasteiger partial charge is 0.382 e. The minimum Gasteiger partial charge on any atom is -0.382 e. The number of nitrogens with zero attached hydrogens (tertiary/aromatic N) is 1. The number of benzene rings is 2. The van der Waals surface area contributed by atoms with Crippen molar-refractivity contribution < 1.29 is 21.3 Å². The van der Waals surface area contributed by atoms with Gasteiger partial charge in [-0.15, -0.1) is 0 Å². The van der Waals surface area contributed by atoms with Gasteiger partial charge in [-0.05, 0) is 69.1 Å². The van der Waals surface area contributed by atoms with Gasteiger partial charge in [0, 0.05) is 29.9 Å². The minimum atomic E-state index is -5.17. The monoisotopic (exact) mass is 646 g/mol. The number of unbranched alkanes of at least 4 members (excludes halogenated alkanes) is 8. The highest BCUT2D eigenvalue weighted by Crippen LogP contribution is 2.23. The molecule has 2 saturated heterocycles. The van der Waals surface area contributed by atoms with E-state index in [9.17, 15) is 17.1 Å². The van der Waals surface area contributed by atoms with Gasteiger partial charge in [-0.2, -0.15) is 8.42 Å². The molecule has 250 valence electrons. The predicted octanol–water partition coefficient (Wildman–Crippen LogP) is 5.21. The van der Waals surface area contributed by atoms with Gasteiger partial charge in [0.05, 0.1) is 12.3 Å². The number of likely N-dealkylation sites (tertiary alicyclic amines) is 1. The van der Waals surface area contributed by atoms with Gasteiger partial charge in [0.15, 0.2) is 0 Å². The van der Waals surface area contributed by atoms with Gasteiger partial charge in [-0.1, -0.05) is 86.4 Å². The zero-order valence-corrected chi connectivity index (χ0v) is 27.3. The van der Waals surface area contributed by atoms with Gasteiger partial charge in [0.25, 0.3) is 5.91 Å². The number of piperidine rings is 1. The molecule has 45 heavy (non-hydrogen) atoms. The van der Waals surface area contributed by atoms with Crippen molar-refractivity contribution in [2.75, 3.05) is 31.5 Å². The number of amides is 1. The molecule has 0 aromatic heterocycles. The van der Waals surface area contributed by atoms with Crippen LogP contribution in [0.4, 0.5) is 9.57 Å². The number of hydrogen-bond donors (Lipinski definition) is 5. The fourth-order valence-electron chi connectivity index (χ4n) is 6.12. The van der Waals surface area contributed by atoms with Crippen LogP contribution in [0.5, 0.6) is 5.75 Å². The fraction of sp³-hybridized carbons (Fsp3) is 0.606. The van der Waals surface area contributed by atoms with Crippen molar-refractivity contribution in [3.8, 4) is 5.75 Å². The maximum Gasteiger partial charge on any atom is 0.488 e. The van der Waals surface area contributed by atoms with E-state index in [0.717, 1.165) is 18.8 Å². The van der Waals surface area contributed by atoms with Crippen LogP contribution < -0.4 is 31.0 Å². The van der Waals surface area contributed by atoms with Crippen molar-refractivity contribution in [2.45, 2.75) is 96.4 Å². The Bertz CT molecular complexity index is 1290. The van der Waals surface area contributed by atoms with Gasteiger partial charge in [0.2, 0.25) is 0 Å². The molecule has 2 fully saturated rings. The summed E-state index contributed by atoms with van der Waals surface area (Å²) in [5.74, 6) is 0.0628. The number of carbonyl (C=O) groups excluding carboxylic acids is 1. The predicted molar refractivity (Wildman–Crippen MR) is 177 cm³/mol. The number of hydrazine groups is 1. The van der Waals surface area contributed by atoms with Crippen LogP contribution >= 0.6 is 0 Å². The first-order chi connectivity index (χ1) is 21.8. The highest BCUT2D eigenvalue weighted by molar-refractivity contribution is 7.81. The second-order valence-electron chi connectivity index (χ2n) is 12.2. The Morgan fingerprint density at radius 3 is 2.40 bits per heavy atom. The summed E-state index contributed by atoms with van der Waals surface area (Å²) in [4.78, 5) is 15.4. The van der Waals surface area contributed by atoms with E-state index >= 15 is 0 Å². The van der Waals surface area contributed by atoms with Crippen molar-refractivity contribution >= 4 is 22.1 Å². The summed E-state index contributed by atoms with van der Waals surface area (Å²) in [6.07, 6.45) is 15.0. The second kappa shape index (κ2) is 18.4. The summed E-state index contributed by atoms with van der Waals surface area (Å²) in [5.41, 5.74) is 8.37. The number of nitrogens with one attached hydrogen (secondary N) is 5. The molecule has 2 aromatic rings. The number of carbonyl (C=O) groups is 1. The van der Waals surface area contributed by atoms with E-state index in [4.69, 9.17) is 0 Å². The highest BCUT2D eigenvalue weighted by atomic mass is 32.3. The summed E-state index contributed by atoms with van der Waals surface area (Å²) in [6, 6.07) is 13.2. The van der Waals surface area contributed by atoms with Crippen LogP contribution in [0.1, 0.15) is 93.5 Å². The van der Waals surface area contributed by atoms with Crippen molar-refractivity contribution in [1.82, 2.24) is 26.4 Å². The summed E-state index contributed by atoms with van der Waals surface area (Å²) in [5, 5.41) is 9.79. The summed E-state index contributed by atoms with van der Waals surface area (Å²) >= 11 is 0. The van der Waals surface area contributed by atoms with Gasteiger partial charge in [0.1, 0.15) is 5.75 Å². The molecular weight excluding hydrogens is 595 g/mol. The van der Waals surface area contributed by atoms with E-state index in [-0.39, 0.29) is 30.5 Å². The van der Waals surface area contributed by atoms with E-state index < -0.39 is 10.5 Å². The molecule has 2 aliphatic heterocycles. The molecule has 0 aliphatic carbocycles. The molecule has 0 radical (unpaired) electrons.